The number of ether oxygens (including phenoxy) is 1. The van der Waals surface area contributed by atoms with Gasteiger partial charge in [-0.2, -0.15) is 0 Å². The van der Waals surface area contributed by atoms with Crippen molar-refractivity contribution in [2.24, 2.45) is 5.92 Å². The van der Waals surface area contributed by atoms with E-state index in [1.54, 1.807) is 0 Å². The maximum atomic E-state index is 10.5. The Morgan fingerprint density at radius 3 is 2.23 bits per heavy atom. The molecular weight excluding hydrogens is 180 g/mol. The maximum absolute atomic E-state index is 10.5. The highest BCUT2D eigenvalue weighted by atomic mass is 16.6. The summed E-state index contributed by atoms with van der Waals surface area (Å²) in [6.07, 6.45) is -5.72. The fourth-order valence-electron chi connectivity index (χ4n) is 1.22. The molecule has 1 unspecified atom stereocenters. The van der Waals surface area contributed by atoms with E-state index in [4.69, 9.17) is 10.2 Å². The number of hydrogen-bond acceptors (Lipinski definition) is 5. The van der Waals surface area contributed by atoms with E-state index in [1.807, 2.05) is 0 Å². The minimum atomic E-state index is -1.57. The Labute approximate surface area is 74.4 Å². The molecule has 76 valence electrons. The van der Waals surface area contributed by atoms with Crippen LogP contribution in [0.15, 0.2) is 0 Å². The smallest absolute Gasteiger partial charge is 0.335 e. The largest absolute Gasteiger partial charge is 0.479 e. The molecule has 0 saturated carbocycles. The van der Waals surface area contributed by atoms with Crippen LogP contribution in [0.4, 0.5) is 0 Å². The van der Waals surface area contributed by atoms with E-state index < -0.39 is 36.5 Å². The van der Waals surface area contributed by atoms with Crippen molar-refractivity contribution in [2.75, 3.05) is 0 Å². The molecule has 0 spiro atoms. The Hall–Kier alpha value is -0.690. The molecule has 1 aliphatic rings. The number of hydrogen-bond donors (Lipinski definition) is 4. The third kappa shape index (κ3) is 1.80. The number of rotatable bonds is 1. The van der Waals surface area contributed by atoms with Gasteiger partial charge in [0, 0.05) is 5.92 Å². The van der Waals surface area contributed by atoms with Gasteiger partial charge in [-0.15, -0.1) is 0 Å². The van der Waals surface area contributed by atoms with Gasteiger partial charge >= 0.3 is 5.97 Å². The van der Waals surface area contributed by atoms with Gasteiger partial charge in [-0.3, -0.25) is 0 Å². The first kappa shape index (κ1) is 10.4. The number of carboxylic acids is 1. The SMILES string of the molecule is CC1[C@H](O)O[C@H](C(=O)O)[C@@H](O)[C@@H]1O. The number of carbonyl (C=O) groups is 1. The van der Waals surface area contributed by atoms with Crippen molar-refractivity contribution in [3.63, 3.8) is 0 Å². The number of carboxylic acid groups (broad SMARTS) is 1. The van der Waals surface area contributed by atoms with Crippen LogP contribution in [0.25, 0.3) is 0 Å². The summed E-state index contributed by atoms with van der Waals surface area (Å²) in [5, 5.41) is 36.2. The van der Waals surface area contributed by atoms with Crippen LogP contribution in [0.2, 0.25) is 0 Å². The fourth-order valence-corrected chi connectivity index (χ4v) is 1.22. The zero-order chi connectivity index (χ0) is 10.2. The lowest BCUT2D eigenvalue weighted by molar-refractivity contribution is -0.260. The molecule has 13 heavy (non-hydrogen) atoms. The molecule has 1 heterocycles. The summed E-state index contributed by atoms with van der Waals surface area (Å²) in [6, 6.07) is 0. The van der Waals surface area contributed by atoms with Crippen LogP contribution in [-0.4, -0.2) is 51.0 Å². The predicted molar refractivity (Wildman–Crippen MR) is 39.7 cm³/mol. The quantitative estimate of drug-likeness (QED) is 0.388. The van der Waals surface area contributed by atoms with E-state index >= 15 is 0 Å². The molecule has 1 fully saturated rings. The highest BCUT2D eigenvalue weighted by molar-refractivity contribution is 5.73. The number of aliphatic carboxylic acids is 1. The molecule has 6 heteroatoms. The number of aliphatic hydroxyl groups is 3. The zero-order valence-corrected chi connectivity index (χ0v) is 6.99. The van der Waals surface area contributed by atoms with Crippen LogP contribution in [0.3, 0.4) is 0 Å². The molecule has 0 aromatic rings. The molecule has 6 nitrogen and oxygen atoms in total. The second-order valence-corrected chi connectivity index (χ2v) is 3.13. The Morgan fingerprint density at radius 1 is 1.23 bits per heavy atom. The monoisotopic (exact) mass is 192 g/mol. The molecule has 5 atom stereocenters. The highest BCUT2D eigenvalue weighted by Crippen LogP contribution is 2.24. The van der Waals surface area contributed by atoms with Gasteiger partial charge in [-0.1, -0.05) is 6.92 Å². The molecule has 4 N–H and O–H groups in total. The Bertz CT molecular complexity index is 205. The van der Waals surface area contributed by atoms with Crippen molar-refractivity contribution in [1.29, 1.82) is 0 Å². The van der Waals surface area contributed by atoms with Crippen LogP contribution in [-0.2, 0) is 9.53 Å². The van der Waals surface area contributed by atoms with Gasteiger partial charge < -0.3 is 25.2 Å². The molecule has 1 aliphatic heterocycles. The van der Waals surface area contributed by atoms with Gasteiger partial charge in [0.05, 0.1) is 6.10 Å². The van der Waals surface area contributed by atoms with Crippen LogP contribution in [0.5, 0.6) is 0 Å². The van der Waals surface area contributed by atoms with Gasteiger partial charge in [0.15, 0.2) is 12.4 Å². The minimum absolute atomic E-state index is 0.703. The van der Waals surface area contributed by atoms with Crippen LogP contribution >= 0.6 is 0 Å². The van der Waals surface area contributed by atoms with Crippen molar-refractivity contribution in [3.8, 4) is 0 Å². The van der Waals surface area contributed by atoms with Crippen LogP contribution in [0, 0.1) is 5.92 Å². The van der Waals surface area contributed by atoms with Crippen molar-refractivity contribution in [3.05, 3.63) is 0 Å². The second kappa shape index (κ2) is 3.59. The summed E-state index contributed by atoms with van der Waals surface area (Å²) in [5.74, 6) is -2.11. The first-order chi connectivity index (χ1) is 5.95. The number of aliphatic hydroxyl groups excluding tert-OH is 3. The topological polar surface area (TPSA) is 107 Å². The van der Waals surface area contributed by atoms with Crippen molar-refractivity contribution < 1.29 is 30.0 Å². The van der Waals surface area contributed by atoms with Crippen LogP contribution in [0.1, 0.15) is 6.92 Å². The average Bonchev–Trinajstić information content (AvgIpc) is 2.07. The molecule has 1 saturated heterocycles. The molecule has 0 aliphatic carbocycles. The van der Waals surface area contributed by atoms with Crippen molar-refractivity contribution in [2.45, 2.75) is 31.5 Å². The zero-order valence-electron chi connectivity index (χ0n) is 6.99. The van der Waals surface area contributed by atoms with Gasteiger partial charge in [-0.25, -0.2) is 4.79 Å². The van der Waals surface area contributed by atoms with E-state index in [0.29, 0.717) is 0 Å². The molecule has 0 aromatic carbocycles. The third-order valence-corrected chi connectivity index (χ3v) is 2.18. The van der Waals surface area contributed by atoms with E-state index in [1.165, 1.54) is 6.92 Å². The average molecular weight is 192 g/mol. The van der Waals surface area contributed by atoms with Crippen molar-refractivity contribution >= 4 is 5.97 Å². The molecule has 0 aromatic heterocycles. The first-order valence-corrected chi connectivity index (χ1v) is 3.87. The van der Waals surface area contributed by atoms with Crippen molar-refractivity contribution in [1.82, 2.24) is 0 Å². The second-order valence-electron chi connectivity index (χ2n) is 3.13. The summed E-state index contributed by atoms with van der Waals surface area (Å²) >= 11 is 0. The lowest BCUT2D eigenvalue weighted by Crippen LogP contribution is -2.56. The van der Waals surface area contributed by atoms with Crippen LogP contribution < -0.4 is 0 Å². The summed E-state index contributed by atoms with van der Waals surface area (Å²) in [7, 11) is 0. The highest BCUT2D eigenvalue weighted by Gasteiger charge is 2.44. The molecular formula is C7H12O6. The summed E-state index contributed by atoms with van der Waals surface area (Å²) in [6.45, 7) is 1.45. The minimum Gasteiger partial charge on any atom is -0.479 e. The van der Waals surface area contributed by atoms with Gasteiger partial charge in [0.2, 0.25) is 0 Å². The molecule has 0 radical (unpaired) electrons. The predicted octanol–water partition coefficient (Wildman–Crippen LogP) is -1.85. The maximum Gasteiger partial charge on any atom is 0.335 e. The standard InChI is InChI=1S/C7H12O6/c1-2-3(8)4(9)5(6(10)11)13-7(2)12/h2-5,7-9,12H,1H3,(H,10,11)/t2?,3-,4+,5+,7-/m1/s1. The molecule has 1 rings (SSSR count). The van der Waals surface area contributed by atoms with Gasteiger partial charge in [0.1, 0.15) is 6.10 Å². The van der Waals surface area contributed by atoms with Gasteiger partial charge in [0.25, 0.3) is 0 Å². The first-order valence-electron chi connectivity index (χ1n) is 3.87. The summed E-state index contributed by atoms with van der Waals surface area (Å²) < 4.78 is 4.59. The Kier molecular flexibility index (Phi) is 2.87. The van der Waals surface area contributed by atoms with E-state index in [9.17, 15) is 15.0 Å². The lowest BCUT2D eigenvalue weighted by Gasteiger charge is -2.37. The van der Waals surface area contributed by atoms with E-state index in [-0.39, 0.29) is 0 Å². The summed E-state index contributed by atoms with van der Waals surface area (Å²) in [4.78, 5) is 10.5. The summed E-state index contributed by atoms with van der Waals surface area (Å²) in [5.41, 5.74) is 0. The molecule has 0 amide bonds. The van der Waals surface area contributed by atoms with Gasteiger partial charge in [-0.05, 0) is 0 Å². The lowest BCUT2D eigenvalue weighted by atomic mass is 9.92. The fraction of sp³-hybridized carbons (Fsp3) is 0.857. The molecule has 0 bridgehead atoms. The third-order valence-electron chi connectivity index (χ3n) is 2.18. The van der Waals surface area contributed by atoms with E-state index in [0.717, 1.165) is 0 Å². The Balaban J connectivity index is 2.76. The Morgan fingerprint density at radius 2 is 1.77 bits per heavy atom. The normalized spacial score (nSPS) is 46.0. The van der Waals surface area contributed by atoms with E-state index in [2.05, 4.69) is 4.74 Å².